The second-order valence-corrected chi connectivity index (χ2v) is 10.2. The molecule has 2 aromatic carbocycles. The number of hydrogen-bond donors (Lipinski definition) is 1. The van der Waals surface area contributed by atoms with E-state index in [0.29, 0.717) is 33.5 Å². The molecule has 1 aliphatic carbocycles. The molecule has 1 amide bonds. The Morgan fingerprint density at radius 2 is 1.97 bits per heavy atom. The van der Waals surface area contributed by atoms with Gasteiger partial charge in [-0.3, -0.25) is 14.2 Å². The molecule has 4 rings (SSSR count). The Hall–Kier alpha value is -2.51. The summed E-state index contributed by atoms with van der Waals surface area (Å²) in [5.74, 6) is 1.61. The quantitative estimate of drug-likeness (QED) is 0.338. The standard InChI is InChI=1S/C25H28ClN3O3S/c1-15(2)13-29-24(31)20-12-18(26)8-11-21(20)27-25(29)33-14-22(30)28-23(16-4-5-16)17-6-9-19(32-3)10-7-17/h6-12,15-16,23H,4-5,13-14H2,1-3H3,(H,28,30). The van der Waals surface area contributed by atoms with Gasteiger partial charge in [0.05, 0.1) is 29.8 Å². The number of amides is 1. The van der Waals surface area contributed by atoms with Gasteiger partial charge in [-0.25, -0.2) is 4.98 Å². The van der Waals surface area contributed by atoms with E-state index in [1.165, 1.54) is 11.8 Å². The highest BCUT2D eigenvalue weighted by Gasteiger charge is 2.33. The van der Waals surface area contributed by atoms with Crippen molar-refractivity contribution in [1.82, 2.24) is 14.9 Å². The van der Waals surface area contributed by atoms with Crippen LogP contribution in [0.15, 0.2) is 52.4 Å². The molecular weight excluding hydrogens is 458 g/mol. The summed E-state index contributed by atoms with van der Waals surface area (Å²) in [7, 11) is 1.64. The molecule has 0 spiro atoms. The number of nitrogens with one attached hydrogen (secondary N) is 1. The molecule has 0 radical (unpaired) electrons. The molecule has 1 saturated carbocycles. The number of carbonyl (C=O) groups is 1. The minimum atomic E-state index is -0.131. The Labute approximate surface area is 202 Å². The van der Waals surface area contributed by atoms with Crippen LogP contribution in [0.2, 0.25) is 5.02 Å². The summed E-state index contributed by atoms with van der Waals surface area (Å²) >= 11 is 7.39. The second kappa shape index (κ2) is 10.2. The molecule has 1 fully saturated rings. The first kappa shape index (κ1) is 23.6. The molecule has 1 aliphatic rings. The van der Waals surface area contributed by atoms with Crippen LogP contribution in [-0.2, 0) is 11.3 Å². The molecule has 1 unspecified atom stereocenters. The molecule has 1 aromatic heterocycles. The van der Waals surface area contributed by atoms with Crippen LogP contribution in [0, 0.1) is 11.8 Å². The lowest BCUT2D eigenvalue weighted by atomic mass is 10.0. The molecule has 0 bridgehead atoms. The second-order valence-electron chi connectivity index (χ2n) is 8.81. The van der Waals surface area contributed by atoms with Crippen LogP contribution in [0.25, 0.3) is 10.9 Å². The fraction of sp³-hybridized carbons (Fsp3) is 0.400. The number of fused-ring (bicyclic) bond motifs is 1. The van der Waals surface area contributed by atoms with Crippen LogP contribution in [-0.4, -0.2) is 28.3 Å². The third kappa shape index (κ3) is 5.71. The molecule has 0 saturated heterocycles. The van der Waals surface area contributed by atoms with Gasteiger partial charge < -0.3 is 10.1 Å². The van der Waals surface area contributed by atoms with E-state index < -0.39 is 0 Å². The van der Waals surface area contributed by atoms with Crippen LogP contribution in [0.5, 0.6) is 5.75 Å². The average Bonchev–Trinajstić information content (AvgIpc) is 3.64. The van der Waals surface area contributed by atoms with Crippen LogP contribution in [0.4, 0.5) is 0 Å². The summed E-state index contributed by atoms with van der Waals surface area (Å²) in [6, 6.07) is 12.9. The number of aromatic nitrogens is 2. The van der Waals surface area contributed by atoms with Crippen molar-refractivity contribution in [3.8, 4) is 5.75 Å². The Kier molecular flexibility index (Phi) is 7.29. The minimum Gasteiger partial charge on any atom is -0.497 e. The molecule has 6 nitrogen and oxygen atoms in total. The van der Waals surface area contributed by atoms with Gasteiger partial charge in [0.15, 0.2) is 5.16 Å². The van der Waals surface area contributed by atoms with Crippen LogP contribution < -0.4 is 15.6 Å². The van der Waals surface area contributed by atoms with Crippen LogP contribution >= 0.6 is 23.4 Å². The lowest BCUT2D eigenvalue weighted by molar-refractivity contribution is -0.119. The van der Waals surface area contributed by atoms with Crippen molar-refractivity contribution in [2.45, 2.75) is 44.4 Å². The number of benzene rings is 2. The van der Waals surface area contributed by atoms with Gasteiger partial charge in [-0.2, -0.15) is 0 Å². The average molecular weight is 486 g/mol. The first-order valence-electron chi connectivity index (χ1n) is 11.1. The van der Waals surface area contributed by atoms with Crippen molar-refractivity contribution < 1.29 is 9.53 Å². The summed E-state index contributed by atoms with van der Waals surface area (Å²) in [5.41, 5.74) is 1.53. The van der Waals surface area contributed by atoms with E-state index in [1.54, 1.807) is 29.9 Å². The Morgan fingerprint density at radius 1 is 1.24 bits per heavy atom. The number of rotatable bonds is 9. The molecule has 1 heterocycles. The van der Waals surface area contributed by atoms with E-state index in [0.717, 1.165) is 24.2 Å². The van der Waals surface area contributed by atoms with Gasteiger partial charge in [0, 0.05) is 11.6 Å². The Balaban J connectivity index is 1.52. The maximum atomic E-state index is 13.1. The zero-order chi connectivity index (χ0) is 23.5. The normalized spacial score (nSPS) is 14.5. The van der Waals surface area contributed by atoms with Crippen molar-refractivity contribution in [2.24, 2.45) is 11.8 Å². The van der Waals surface area contributed by atoms with Crippen molar-refractivity contribution >= 4 is 40.2 Å². The molecule has 3 aromatic rings. The summed E-state index contributed by atoms with van der Waals surface area (Å²) in [6.45, 7) is 4.62. The number of carbonyl (C=O) groups excluding carboxylic acids is 1. The topological polar surface area (TPSA) is 73.2 Å². The Bertz CT molecular complexity index is 1210. The predicted molar refractivity (Wildman–Crippen MR) is 133 cm³/mol. The smallest absolute Gasteiger partial charge is 0.262 e. The van der Waals surface area contributed by atoms with E-state index in [4.69, 9.17) is 16.3 Å². The van der Waals surface area contributed by atoms with E-state index in [9.17, 15) is 9.59 Å². The molecule has 0 aliphatic heterocycles. The molecular formula is C25H28ClN3O3S. The molecule has 174 valence electrons. The van der Waals surface area contributed by atoms with E-state index in [-0.39, 0.29) is 29.2 Å². The highest BCUT2D eigenvalue weighted by atomic mass is 35.5. The maximum absolute atomic E-state index is 13.1. The summed E-state index contributed by atoms with van der Waals surface area (Å²) in [6.07, 6.45) is 2.21. The Morgan fingerprint density at radius 3 is 2.61 bits per heavy atom. The SMILES string of the molecule is COc1ccc(C(NC(=O)CSc2nc3ccc(Cl)cc3c(=O)n2CC(C)C)C2CC2)cc1. The maximum Gasteiger partial charge on any atom is 0.262 e. The van der Waals surface area contributed by atoms with Crippen molar-refractivity contribution in [3.05, 3.63) is 63.4 Å². The van der Waals surface area contributed by atoms with Gasteiger partial charge in [-0.05, 0) is 60.6 Å². The number of nitrogens with zero attached hydrogens (tertiary/aromatic N) is 2. The number of thioether (sulfide) groups is 1. The van der Waals surface area contributed by atoms with E-state index >= 15 is 0 Å². The molecule has 1 N–H and O–H groups in total. The van der Waals surface area contributed by atoms with E-state index in [2.05, 4.69) is 10.3 Å². The number of ether oxygens (including phenoxy) is 1. The van der Waals surface area contributed by atoms with Crippen molar-refractivity contribution in [3.63, 3.8) is 0 Å². The fourth-order valence-corrected chi connectivity index (χ4v) is 4.86. The van der Waals surface area contributed by atoms with Gasteiger partial charge >= 0.3 is 0 Å². The zero-order valence-corrected chi connectivity index (χ0v) is 20.6. The third-order valence-corrected chi connectivity index (χ3v) is 6.86. The van der Waals surface area contributed by atoms with Gasteiger partial charge in [0.2, 0.25) is 5.91 Å². The van der Waals surface area contributed by atoms with E-state index in [1.807, 2.05) is 38.1 Å². The molecule has 33 heavy (non-hydrogen) atoms. The van der Waals surface area contributed by atoms with Gasteiger partial charge in [0.25, 0.3) is 5.56 Å². The minimum absolute atomic E-state index is 0.0198. The highest BCUT2D eigenvalue weighted by Crippen LogP contribution is 2.41. The van der Waals surface area contributed by atoms with Crippen molar-refractivity contribution in [1.29, 1.82) is 0 Å². The first-order valence-corrected chi connectivity index (χ1v) is 12.5. The lowest BCUT2D eigenvalue weighted by Gasteiger charge is -2.19. The number of methoxy groups -OCH3 is 1. The number of halogens is 1. The summed E-state index contributed by atoms with van der Waals surface area (Å²) < 4.78 is 6.90. The zero-order valence-electron chi connectivity index (χ0n) is 19.0. The largest absolute Gasteiger partial charge is 0.497 e. The highest BCUT2D eigenvalue weighted by molar-refractivity contribution is 7.99. The first-order chi connectivity index (χ1) is 15.9. The van der Waals surface area contributed by atoms with Crippen molar-refractivity contribution in [2.75, 3.05) is 12.9 Å². The lowest BCUT2D eigenvalue weighted by Crippen LogP contribution is -2.32. The van der Waals surface area contributed by atoms with Crippen LogP contribution in [0.3, 0.4) is 0 Å². The molecule has 1 atom stereocenters. The number of hydrogen-bond acceptors (Lipinski definition) is 5. The van der Waals surface area contributed by atoms with Gasteiger partial charge in [-0.15, -0.1) is 0 Å². The summed E-state index contributed by atoms with van der Waals surface area (Å²) in [5, 5.41) is 4.73. The van der Waals surface area contributed by atoms with Gasteiger partial charge in [-0.1, -0.05) is 49.3 Å². The monoisotopic (exact) mass is 485 g/mol. The summed E-state index contributed by atoms with van der Waals surface area (Å²) in [4.78, 5) is 30.7. The molecule has 8 heteroatoms. The van der Waals surface area contributed by atoms with Gasteiger partial charge in [0.1, 0.15) is 5.75 Å². The van der Waals surface area contributed by atoms with Crippen LogP contribution in [0.1, 0.15) is 38.3 Å². The predicted octanol–water partition coefficient (Wildman–Crippen LogP) is 5.07. The third-order valence-electron chi connectivity index (χ3n) is 5.65. The fourth-order valence-electron chi connectivity index (χ4n) is 3.87.